The van der Waals surface area contributed by atoms with Gasteiger partial charge in [0, 0.05) is 5.69 Å². The molecule has 0 aliphatic carbocycles. The zero-order chi connectivity index (χ0) is 12.0. The summed E-state index contributed by atoms with van der Waals surface area (Å²) in [6, 6.07) is 10.0. The monoisotopic (exact) mass is 290 g/mol. The molecule has 0 aliphatic heterocycles. The van der Waals surface area contributed by atoms with Crippen molar-refractivity contribution in [1.29, 1.82) is 0 Å². The van der Waals surface area contributed by atoms with Crippen LogP contribution in [-0.2, 0) is 0 Å². The van der Waals surface area contributed by atoms with Crippen LogP contribution in [0.15, 0.2) is 39.4 Å². The van der Waals surface area contributed by atoms with Crippen LogP contribution in [0, 0.1) is 13.8 Å². The van der Waals surface area contributed by atoms with Crippen molar-refractivity contribution in [2.24, 2.45) is 0 Å². The maximum Gasteiger partial charge on any atom is 0.182 e. The van der Waals surface area contributed by atoms with Crippen LogP contribution in [0.3, 0.4) is 0 Å². The van der Waals surface area contributed by atoms with Gasteiger partial charge in [-0.2, -0.15) is 0 Å². The lowest BCUT2D eigenvalue weighted by Gasteiger charge is -2.02. The van der Waals surface area contributed by atoms with Crippen molar-refractivity contribution in [2.75, 3.05) is 0 Å². The number of nitrogens with zero attached hydrogens (tertiary/aromatic N) is 2. The Balaban J connectivity index is 2.37. The molecule has 0 unspecified atom stereocenters. The van der Waals surface area contributed by atoms with Crippen molar-refractivity contribution in [3.8, 4) is 11.6 Å². The lowest BCUT2D eigenvalue weighted by atomic mass is 10.3. The Morgan fingerprint density at radius 3 is 2.71 bits per heavy atom. The predicted molar refractivity (Wildman–Crippen MR) is 70.1 cm³/mol. The SMILES string of the molecule is Cc1ccc(-c2nc(Br)c3cccc(C)n23)o1. The molecule has 0 atom stereocenters. The summed E-state index contributed by atoms with van der Waals surface area (Å²) in [7, 11) is 0. The Morgan fingerprint density at radius 2 is 2.00 bits per heavy atom. The third-order valence-electron chi connectivity index (χ3n) is 2.77. The van der Waals surface area contributed by atoms with E-state index < -0.39 is 0 Å². The molecule has 4 heteroatoms. The summed E-state index contributed by atoms with van der Waals surface area (Å²) in [5.74, 6) is 2.51. The normalized spacial score (nSPS) is 11.2. The van der Waals surface area contributed by atoms with Crippen molar-refractivity contribution < 1.29 is 4.42 Å². The van der Waals surface area contributed by atoms with Crippen LogP contribution in [0.25, 0.3) is 17.1 Å². The number of imidazole rings is 1. The summed E-state index contributed by atoms with van der Waals surface area (Å²) >= 11 is 3.48. The molecule has 17 heavy (non-hydrogen) atoms. The average Bonchev–Trinajstić information content (AvgIpc) is 2.85. The summed E-state index contributed by atoms with van der Waals surface area (Å²) in [5.41, 5.74) is 2.18. The molecule has 0 bridgehead atoms. The van der Waals surface area contributed by atoms with Gasteiger partial charge in [0.1, 0.15) is 10.4 Å². The maximum absolute atomic E-state index is 5.64. The molecule has 3 nitrogen and oxygen atoms in total. The number of aromatic nitrogens is 2. The fourth-order valence-corrected chi connectivity index (χ4v) is 2.46. The molecule has 0 saturated carbocycles. The fraction of sp³-hybridized carbons (Fsp3) is 0.154. The molecule has 0 radical (unpaired) electrons. The fourth-order valence-electron chi connectivity index (χ4n) is 1.98. The van der Waals surface area contributed by atoms with E-state index in [1.165, 1.54) is 0 Å². The summed E-state index contributed by atoms with van der Waals surface area (Å²) in [4.78, 5) is 4.52. The van der Waals surface area contributed by atoms with E-state index in [0.29, 0.717) is 0 Å². The molecule has 0 N–H and O–H groups in total. The topological polar surface area (TPSA) is 30.4 Å². The van der Waals surface area contributed by atoms with Gasteiger partial charge in [-0.15, -0.1) is 0 Å². The number of fused-ring (bicyclic) bond motifs is 1. The number of hydrogen-bond donors (Lipinski definition) is 0. The van der Waals surface area contributed by atoms with Gasteiger partial charge in [-0.1, -0.05) is 6.07 Å². The first-order valence-corrected chi connectivity index (χ1v) is 6.16. The highest BCUT2D eigenvalue weighted by Crippen LogP contribution is 2.28. The van der Waals surface area contributed by atoms with Crippen molar-refractivity contribution in [1.82, 2.24) is 9.38 Å². The zero-order valence-electron chi connectivity index (χ0n) is 9.57. The van der Waals surface area contributed by atoms with E-state index in [1.807, 2.05) is 31.2 Å². The van der Waals surface area contributed by atoms with Crippen LogP contribution >= 0.6 is 15.9 Å². The van der Waals surface area contributed by atoms with Crippen molar-refractivity contribution >= 4 is 21.4 Å². The van der Waals surface area contributed by atoms with Crippen LogP contribution in [0.5, 0.6) is 0 Å². The number of rotatable bonds is 1. The van der Waals surface area contributed by atoms with Crippen LogP contribution in [0.2, 0.25) is 0 Å². The molecule has 3 heterocycles. The van der Waals surface area contributed by atoms with Gasteiger partial charge in [0.2, 0.25) is 0 Å². The molecule has 3 aromatic heterocycles. The number of pyridine rings is 1. The van der Waals surface area contributed by atoms with Crippen molar-refractivity contribution in [3.63, 3.8) is 0 Å². The Bertz CT molecular complexity index is 697. The molecule has 0 aliphatic rings. The van der Waals surface area contributed by atoms with Crippen LogP contribution in [0.1, 0.15) is 11.5 Å². The average molecular weight is 291 g/mol. The highest BCUT2D eigenvalue weighted by Gasteiger charge is 2.14. The number of hydrogen-bond acceptors (Lipinski definition) is 2. The maximum atomic E-state index is 5.64. The summed E-state index contributed by atoms with van der Waals surface area (Å²) in [5, 5.41) is 0. The van der Waals surface area contributed by atoms with E-state index in [4.69, 9.17) is 4.42 Å². The van der Waals surface area contributed by atoms with E-state index in [2.05, 4.69) is 38.3 Å². The number of furan rings is 1. The smallest absolute Gasteiger partial charge is 0.182 e. The largest absolute Gasteiger partial charge is 0.458 e. The van der Waals surface area contributed by atoms with E-state index in [-0.39, 0.29) is 0 Å². The minimum atomic E-state index is 0.789. The van der Waals surface area contributed by atoms with Gasteiger partial charge in [0.25, 0.3) is 0 Å². The lowest BCUT2D eigenvalue weighted by molar-refractivity contribution is 0.543. The Labute approximate surface area is 107 Å². The molecule has 0 amide bonds. The third-order valence-corrected chi connectivity index (χ3v) is 3.36. The van der Waals surface area contributed by atoms with Crippen LogP contribution in [0.4, 0.5) is 0 Å². The molecule has 0 spiro atoms. The first-order chi connectivity index (χ1) is 8.16. The first kappa shape index (κ1) is 10.6. The summed E-state index contributed by atoms with van der Waals surface area (Å²) < 4.78 is 8.57. The Hall–Kier alpha value is -1.55. The molecule has 0 fully saturated rings. The zero-order valence-corrected chi connectivity index (χ0v) is 11.2. The quantitative estimate of drug-likeness (QED) is 0.679. The van der Waals surface area contributed by atoms with Gasteiger partial charge < -0.3 is 4.42 Å². The molecule has 0 saturated heterocycles. The van der Waals surface area contributed by atoms with Crippen molar-refractivity contribution in [2.45, 2.75) is 13.8 Å². The first-order valence-electron chi connectivity index (χ1n) is 5.37. The van der Waals surface area contributed by atoms with Gasteiger partial charge in [0.15, 0.2) is 11.6 Å². The van der Waals surface area contributed by atoms with Gasteiger partial charge in [-0.25, -0.2) is 4.98 Å². The molecule has 0 aromatic carbocycles. The van der Waals surface area contributed by atoms with Crippen LogP contribution < -0.4 is 0 Å². The highest BCUT2D eigenvalue weighted by atomic mass is 79.9. The van der Waals surface area contributed by atoms with Gasteiger partial charge >= 0.3 is 0 Å². The van der Waals surface area contributed by atoms with Gasteiger partial charge in [-0.3, -0.25) is 4.40 Å². The van der Waals surface area contributed by atoms with Crippen LogP contribution in [-0.4, -0.2) is 9.38 Å². The standard InChI is InChI=1S/C13H11BrN2O/c1-8-4-3-5-10-12(14)15-13(16(8)10)11-7-6-9(2)17-11/h3-7H,1-2H3. The number of halogens is 1. The number of aryl methyl sites for hydroxylation is 2. The predicted octanol–water partition coefficient (Wildman–Crippen LogP) is 3.97. The minimum absolute atomic E-state index is 0.789. The second-order valence-corrected chi connectivity index (χ2v) is 4.78. The molecule has 3 aromatic rings. The lowest BCUT2D eigenvalue weighted by Crippen LogP contribution is -1.92. The van der Waals surface area contributed by atoms with E-state index in [9.17, 15) is 0 Å². The minimum Gasteiger partial charge on any atom is -0.458 e. The molecular weight excluding hydrogens is 280 g/mol. The second-order valence-electron chi connectivity index (χ2n) is 4.02. The Kier molecular flexibility index (Phi) is 2.33. The molecular formula is C13H11BrN2O. The van der Waals surface area contributed by atoms with E-state index >= 15 is 0 Å². The Morgan fingerprint density at radius 1 is 1.18 bits per heavy atom. The van der Waals surface area contributed by atoms with Gasteiger partial charge in [0.05, 0.1) is 5.52 Å². The highest BCUT2D eigenvalue weighted by molar-refractivity contribution is 9.10. The molecule has 86 valence electrons. The van der Waals surface area contributed by atoms with Crippen molar-refractivity contribution in [3.05, 3.63) is 46.4 Å². The summed E-state index contributed by atoms with van der Waals surface area (Å²) in [6.07, 6.45) is 0. The summed E-state index contributed by atoms with van der Waals surface area (Å²) in [6.45, 7) is 3.99. The second kappa shape index (κ2) is 3.74. The van der Waals surface area contributed by atoms with E-state index in [1.54, 1.807) is 0 Å². The van der Waals surface area contributed by atoms with E-state index in [0.717, 1.165) is 33.2 Å². The third kappa shape index (κ3) is 1.60. The van der Waals surface area contributed by atoms with Gasteiger partial charge in [-0.05, 0) is 54.0 Å². The molecule has 3 rings (SSSR count).